The van der Waals surface area contributed by atoms with Crippen LogP contribution >= 0.6 is 0 Å². The van der Waals surface area contributed by atoms with E-state index in [2.05, 4.69) is 30.7 Å². The minimum absolute atomic E-state index is 0.230. The minimum Gasteiger partial charge on any atom is -0.388 e. The second-order valence-electron chi connectivity index (χ2n) is 7.76. The van der Waals surface area contributed by atoms with Gasteiger partial charge in [0.2, 0.25) is 0 Å². The Kier molecular flexibility index (Phi) is 3.94. The van der Waals surface area contributed by atoms with E-state index >= 15 is 0 Å². The van der Waals surface area contributed by atoms with Crippen molar-refractivity contribution >= 4 is 0 Å². The second-order valence-corrected chi connectivity index (χ2v) is 7.76. The second kappa shape index (κ2) is 5.55. The van der Waals surface area contributed by atoms with Crippen LogP contribution in [0.5, 0.6) is 0 Å². The zero-order chi connectivity index (χ0) is 14.2. The third-order valence-corrected chi connectivity index (χ3v) is 5.35. The molecule has 0 radical (unpaired) electrons. The lowest BCUT2D eigenvalue weighted by Gasteiger charge is -2.34. The van der Waals surface area contributed by atoms with Gasteiger partial charge in [0.1, 0.15) is 0 Å². The van der Waals surface area contributed by atoms with Gasteiger partial charge in [0.25, 0.3) is 0 Å². The van der Waals surface area contributed by atoms with Crippen LogP contribution in [0, 0.1) is 11.3 Å². The Bertz CT molecular complexity index is 454. The highest BCUT2D eigenvalue weighted by Gasteiger charge is 2.33. The number of hydrogen-bond acceptors (Lipinski definition) is 1. The molecule has 20 heavy (non-hydrogen) atoms. The fourth-order valence-electron chi connectivity index (χ4n) is 4.25. The van der Waals surface area contributed by atoms with Crippen LogP contribution in [-0.4, -0.2) is 9.67 Å². The van der Waals surface area contributed by atoms with Crippen LogP contribution in [-0.2, 0) is 13.0 Å². The maximum absolute atomic E-state index is 10.3. The SMILES string of the molecule is CC1(C)Cc2c(ccn2CCCC2CCCC2)C(O)C1. The van der Waals surface area contributed by atoms with Crippen LogP contribution in [0.25, 0.3) is 0 Å². The molecule has 0 aromatic carbocycles. The van der Waals surface area contributed by atoms with E-state index in [0.29, 0.717) is 0 Å². The molecular formula is C18H29NO. The third-order valence-electron chi connectivity index (χ3n) is 5.35. The van der Waals surface area contributed by atoms with Crippen LogP contribution in [0.15, 0.2) is 12.3 Å². The van der Waals surface area contributed by atoms with Crippen molar-refractivity contribution in [3.05, 3.63) is 23.5 Å². The molecule has 0 spiro atoms. The molecule has 1 aromatic rings. The van der Waals surface area contributed by atoms with Gasteiger partial charge in [-0.1, -0.05) is 39.5 Å². The van der Waals surface area contributed by atoms with Gasteiger partial charge < -0.3 is 9.67 Å². The van der Waals surface area contributed by atoms with Gasteiger partial charge in [-0.3, -0.25) is 0 Å². The first-order valence-corrected chi connectivity index (χ1v) is 8.41. The van der Waals surface area contributed by atoms with Crippen LogP contribution in [0.4, 0.5) is 0 Å². The number of aromatic nitrogens is 1. The average molecular weight is 275 g/mol. The number of fused-ring (bicyclic) bond motifs is 1. The Morgan fingerprint density at radius 3 is 2.80 bits per heavy atom. The van der Waals surface area contributed by atoms with E-state index in [1.54, 1.807) is 0 Å². The summed E-state index contributed by atoms with van der Waals surface area (Å²) in [6, 6.07) is 2.14. The number of aliphatic hydroxyl groups excluding tert-OH is 1. The zero-order valence-corrected chi connectivity index (χ0v) is 13.1. The Balaban J connectivity index is 1.63. The van der Waals surface area contributed by atoms with Gasteiger partial charge in [-0.2, -0.15) is 0 Å². The van der Waals surface area contributed by atoms with Crippen LogP contribution in [0.3, 0.4) is 0 Å². The van der Waals surface area contributed by atoms with Crippen molar-refractivity contribution in [2.75, 3.05) is 0 Å². The number of aliphatic hydroxyl groups is 1. The molecule has 1 saturated carbocycles. The standard InChI is InChI=1S/C18H29NO/c1-18(2)12-16-15(17(20)13-18)9-11-19(16)10-5-8-14-6-3-4-7-14/h9,11,14,17,20H,3-8,10,12-13H2,1-2H3. The van der Waals surface area contributed by atoms with Crippen molar-refractivity contribution in [2.24, 2.45) is 11.3 Å². The molecule has 1 N–H and O–H groups in total. The van der Waals surface area contributed by atoms with Gasteiger partial charge in [-0.05, 0) is 43.1 Å². The maximum atomic E-state index is 10.3. The number of rotatable bonds is 4. The number of nitrogens with zero attached hydrogens (tertiary/aromatic N) is 1. The Morgan fingerprint density at radius 2 is 2.05 bits per heavy atom. The van der Waals surface area contributed by atoms with Gasteiger partial charge >= 0.3 is 0 Å². The summed E-state index contributed by atoms with van der Waals surface area (Å²) >= 11 is 0. The highest BCUT2D eigenvalue weighted by atomic mass is 16.3. The Morgan fingerprint density at radius 1 is 1.30 bits per heavy atom. The summed E-state index contributed by atoms with van der Waals surface area (Å²) in [4.78, 5) is 0. The van der Waals surface area contributed by atoms with Gasteiger partial charge in [-0.15, -0.1) is 0 Å². The lowest BCUT2D eigenvalue weighted by Crippen LogP contribution is -2.26. The molecule has 112 valence electrons. The van der Waals surface area contributed by atoms with Crippen molar-refractivity contribution in [2.45, 2.75) is 77.9 Å². The van der Waals surface area contributed by atoms with Gasteiger partial charge in [-0.25, -0.2) is 0 Å². The molecular weight excluding hydrogens is 246 g/mol. The summed E-state index contributed by atoms with van der Waals surface area (Å²) in [5.41, 5.74) is 2.80. The predicted octanol–water partition coefficient (Wildman–Crippen LogP) is 4.46. The minimum atomic E-state index is -0.259. The molecule has 0 saturated heterocycles. The molecule has 1 unspecified atom stereocenters. The first kappa shape index (κ1) is 14.2. The molecule has 0 amide bonds. The normalized spacial score (nSPS) is 25.9. The number of hydrogen-bond donors (Lipinski definition) is 1. The van der Waals surface area contributed by atoms with E-state index in [4.69, 9.17) is 0 Å². The fourth-order valence-corrected chi connectivity index (χ4v) is 4.25. The van der Waals surface area contributed by atoms with Crippen LogP contribution in [0.2, 0.25) is 0 Å². The highest BCUT2D eigenvalue weighted by Crippen LogP contribution is 2.41. The van der Waals surface area contributed by atoms with E-state index in [1.807, 2.05) is 0 Å². The quantitative estimate of drug-likeness (QED) is 0.862. The van der Waals surface area contributed by atoms with Gasteiger partial charge in [0.05, 0.1) is 6.10 Å². The lowest BCUT2D eigenvalue weighted by atomic mass is 9.75. The van der Waals surface area contributed by atoms with Gasteiger partial charge in [0.15, 0.2) is 0 Å². The van der Waals surface area contributed by atoms with E-state index in [1.165, 1.54) is 49.8 Å². The van der Waals surface area contributed by atoms with Crippen molar-refractivity contribution in [1.82, 2.24) is 4.57 Å². The zero-order valence-electron chi connectivity index (χ0n) is 13.1. The fraction of sp³-hybridized carbons (Fsp3) is 0.778. The largest absolute Gasteiger partial charge is 0.388 e. The summed E-state index contributed by atoms with van der Waals surface area (Å²) in [5.74, 6) is 0.989. The molecule has 0 aliphatic heterocycles. The highest BCUT2D eigenvalue weighted by molar-refractivity contribution is 5.29. The van der Waals surface area contributed by atoms with Crippen LogP contribution in [0.1, 0.15) is 76.2 Å². The van der Waals surface area contributed by atoms with E-state index in [0.717, 1.165) is 25.3 Å². The van der Waals surface area contributed by atoms with Crippen molar-refractivity contribution in [3.63, 3.8) is 0 Å². The summed E-state index contributed by atoms with van der Waals surface area (Å²) < 4.78 is 2.41. The lowest BCUT2D eigenvalue weighted by molar-refractivity contribution is 0.0979. The number of aryl methyl sites for hydroxylation is 1. The predicted molar refractivity (Wildman–Crippen MR) is 82.7 cm³/mol. The summed E-state index contributed by atoms with van der Waals surface area (Å²) in [6.45, 7) is 5.68. The molecule has 1 heterocycles. The Hall–Kier alpha value is -0.760. The van der Waals surface area contributed by atoms with Gasteiger partial charge in [0, 0.05) is 24.0 Å². The molecule has 2 heteroatoms. The van der Waals surface area contributed by atoms with Crippen LogP contribution < -0.4 is 0 Å². The molecule has 1 fully saturated rings. The molecule has 0 bridgehead atoms. The topological polar surface area (TPSA) is 25.2 Å². The summed E-state index contributed by atoms with van der Waals surface area (Å²) in [6.07, 6.45) is 12.4. The average Bonchev–Trinajstić information content (AvgIpc) is 2.98. The smallest absolute Gasteiger partial charge is 0.0812 e. The van der Waals surface area contributed by atoms with Crippen molar-refractivity contribution in [3.8, 4) is 0 Å². The van der Waals surface area contributed by atoms with Crippen molar-refractivity contribution < 1.29 is 5.11 Å². The summed E-state index contributed by atoms with van der Waals surface area (Å²) in [5, 5.41) is 10.3. The summed E-state index contributed by atoms with van der Waals surface area (Å²) in [7, 11) is 0. The van der Waals surface area contributed by atoms with Crippen molar-refractivity contribution in [1.29, 1.82) is 0 Å². The van der Waals surface area contributed by atoms with E-state index < -0.39 is 0 Å². The first-order chi connectivity index (χ1) is 9.55. The molecule has 2 aliphatic rings. The van der Waals surface area contributed by atoms with E-state index in [-0.39, 0.29) is 11.5 Å². The molecule has 1 atom stereocenters. The van der Waals surface area contributed by atoms with E-state index in [9.17, 15) is 5.11 Å². The maximum Gasteiger partial charge on any atom is 0.0812 e. The molecule has 2 aliphatic carbocycles. The first-order valence-electron chi connectivity index (χ1n) is 8.41. The molecule has 3 rings (SSSR count). The monoisotopic (exact) mass is 275 g/mol. The third kappa shape index (κ3) is 2.95. The molecule has 2 nitrogen and oxygen atoms in total. The molecule has 1 aromatic heterocycles. The Labute approximate surface area is 123 Å².